The molecule has 0 bridgehead atoms. The van der Waals surface area contributed by atoms with Crippen LogP contribution in [0.1, 0.15) is 25.7 Å². The first-order valence-corrected chi connectivity index (χ1v) is 4.26. The molecule has 1 aliphatic carbocycles. The number of rotatable bonds is 0. The molecule has 1 rings (SSSR count). The molecule has 0 aromatic heterocycles. The Morgan fingerprint density at radius 1 is 1.18 bits per heavy atom. The summed E-state index contributed by atoms with van der Waals surface area (Å²) in [7, 11) is 0. The first kappa shape index (κ1) is 14.2. The Morgan fingerprint density at radius 3 is 2.64 bits per heavy atom. The molecule has 0 heterocycles. The van der Waals surface area contributed by atoms with Gasteiger partial charge in [-0.3, -0.25) is 0 Å². The molecule has 0 aliphatic heterocycles. The molecule has 3 heteroatoms. The van der Waals surface area contributed by atoms with Crippen molar-refractivity contribution in [1.29, 1.82) is 0 Å². The molecule has 0 saturated carbocycles. The number of halogens is 2. The Labute approximate surface area is 91.0 Å². The van der Waals surface area contributed by atoms with Crippen molar-refractivity contribution in [3.05, 3.63) is 22.4 Å². The topological polar surface area (TPSA) is 0 Å². The minimum atomic E-state index is 0. The molecule has 67 valence electrons. The van der Waals surface area contributed by atoms with Gasteiger partial charge in [0.15, 0.2) is 0 Å². The first-order chi connectivity index (χ1) is 4.39. The van der Waals surface area contributed by atoms with Crippen molar-refractivity contribution in [3.8, 4) is 0 Å². The molecular formula is C8H13Cl2Ru. The summed E-state index contributed by atoms with van der Waals surface area (Å²) in [6.07, 6.45) is 11.8. The molecule has 1 aliphatic rings. The van der Waals surface area contributed by atoms with Crippen LogP contribution in [-0.4, -0.2) is 0 Å². The predicted molar refractivity (Wildman–Crippen MR) is 50.2 cm³/mol. The minimum absolute atomic E-state index is 0. The Hall–Kier alpha value is 0.683. The van der Waals surface area contributed by atoms with Crippen LogP contribution in [0.2, 0.25) is 0 Å². The maximum atomic E-state index is 2.68. The van der Waals surface area contributed by atoms with Gasteiger partial charge in [-0.1, -0.05) is 0 Å². The summed E-state index contributed by atoms with van der Waals surface area (Å²) in [5.41, 5.74) is 0. The van der Waals surface area contributed by atoms with E-state index < -0.39 is 0 Å². The van der Waals surface area contributed by atoms with E-state index >= 15 is 0 Å². The average Bonchev–Trinajstić information content (AvgIpc) is 1.79. The van der Waals surface area contributed by atoms with Gasteiger partial charge in [0.05, 0.1) is 0 Å². The quantitative estimate of drug-likeness (QED) is 0.597. The van der Waals surface area contributed by atoms with E-state index in [1.165, 1.54) is 29.9 Å². The predicted octanol–water partition coefficient (Wildman–Crippen LogP) is 3.39. The van der Waals surface area contributed by atoms with E-state index in [1.54, 1.807) is 0 Å². The van der Waals surface area contributed by atoms with Crippen LogP contribution in [0.4, 0.5) is 0 Å². The molecule has 11 heavy (non-hydrogen) atoms. The molecule has 0 spiro atoms. The van der Waals surface area contributed by atoms with Gasteiger partial charge in [-0.05, 0) is 0 Å². The number of allylic oxidation sites excluding steroid dienone is 4. The Morgan fingerprint density at radius 2 is 1.91 bits per heavy atom. The fourth-order valence-corrected chi connectivity index (χ4v) is 1.38. The molecule has 0 aromatic carbocycles. The zero-order valence-electron chi connectivity index (χ0n) is 6.23. The van der Waals surface area contributed by atoms with Crippen LogP contribution in [0, 0.1) is 0 Å². The Bertz CT molecular complexity index is 141. The van der Waals surface area contributed by atoms with E-state index in [9.17, 15) is 0 Å². The van der Waals surface area contributed by atoms with Crippen LogP contribution in [0.25, 0.3) is 0 Å². The van der Waals surface area contributed by atoms with Gasteiger partial charge in [-0.15, -0.1) is 24.8 Å². The molecular weight excluding hydrogens is 268 g/mol. The third kappa shape index (κ3) is 7.06. The van der Waals surface area contributed by atoms with Crippen LogP contribution >= 0.6 is 24.8 Å². The second kappa shape index (κ2) is 8.78. The monoisotopic (exact) mass is 281 g/mol. The van der Waals surface area contributed by atoms with E-state index in [0.29, 0.717) is 0 Å². The molecule has 0 saturated heterocycles. The van der Waals surface area contributed by atoms with Crippen molar-refractivity contribution < 1.29 is 18.3 Å². The Kier molecular flexibility index (Phi) is 11.3. The zero-order valence-corrected chi connectivity index (χ0v) is 9.60. The summed E-state index contributed by atoms with van der Waals surface area (Å²) in [6, 6.07) is 0. The van der Waals surface area contributed by atoms with Crippen molar-refractivity contribution in [2.24, 2.45) is 0 Å². The standard InChI is InChI=1S/C8H11.2ClH.Ru/c1-2-4-6-8-7-5-3-1;;;/h1-3H,4,6-8H2;2*1H;. The van der Waals surface area contributed by atoms with Crippen molar-refractivity contribution in [1.82, 2.24) is 0 Å². The number of hydrogen-bond donors (Lipinski definition) is 0. The van der Waals surface area contributed by atoms with Crippen molar-refractivity contribution in [2.45, 2.75) is 25.7 Å². The summed E-state index contributed by atoms with van der Waals surface area (Å²) < 4.78 is 1.45. The van der Waals surface area contributed by atoms with Crippen LogP contribution in [0.3, 0.4) is 0 Å². The third-order valence-electron chi connectivity index (χ3n) is 1.44. The molecule has 0 amide bonds. The molecule has 0 atom stereocenters. The maximum absolute atomic E-state index is 2.68. The molecule has 0 aromatic rings. The van der Waals surface area contributed by atoms with Gasteiger partial charge >= 0.3 is 66.4 Å². The molecule has 0 unspecified atom stereocenters. The third-order valence-corrected chi connectivity index (χ3v) is 2.16. The fourth-order valence-electron chi connectivity index (χ4n) is 0.901. The zero-order chi connectivity index (χ0) is 6.53. The van der Waals surface area contributed by atoms with Crippen LogP contribution in [0.5, 0.6) is 0 Å². The summed E-state index contributed by atoms with van der Waals surface area (Å²) in [4.78, 5) is 0. The van der Waals surface area contributed by atoms with Crippen molar-refractivity contribution >= 4 is 24.8 Å². The van der Waals surface area contributed by atoms with Gasteiger partial charge < -0.3 is 0 Å². The van der Waals surface area contributed by atoms with E-state index in [0.717, 1.165) is 0 Å². The van der Waals surface area contributed by atoms with Crippen molar-refractivity contribution in [3.63, 3.8) is 0 Å². The molecule has 0 N–H and O–H groups in total. The summed E-state index contributed by atoms with van der Waals surface area (Å²) in [5, 5.41) is 0. The molecule has 0 radical (unpaired) electrons. The van der Waals surface area contributed by atoms with E-state index in [4.69, 9.17) is 0 Å². The normalized spacial score (nSPS) is 16.6. The van der Waals surface area contributed by atoms with Gasteiger partial charge in [0.1, 0.15) is 0 Å². The Balaban J connectivity index is 0. The van der Waals surface area contributed by atoms with Gasteiger partial charge in [-0.25, -0.2) is 0 Å². The second-order valence-corrected chi connectivity index (χ2v) is 3.39. The fraction of sp³-hybridized carbons (Fsp3) is 0.500. The van der Waals surface area contributed by atoms with Crippen LogP contribution < -0.4 is 0 Å². The van der Waals surface area contributed by atoms with Gasteiger partial charge in [-0.2, -0.15) is 0 Å². The summed E-state index contributed by atoms with van der Waals surface area (Å²) in [5.74, 6) is 0. The molecule has 0 fully saturated rings. The van der Waals surface area contributed by atoms with Crippen LogP contribution in [-0.2, 0) is 18.3 Å². The summed E-state index contributed by atoms with van der Waals surface area (Å²) in [6.45, 7) is 0. The van der Waals surface area contributed by atoms with Crippen LogP contribution in [0.15, 0.2) is 22.4 Å². The van der Waals surface area contributed by atoms with Gasteiger partial charge in [0.2, 0.25) is 0 Å². The average molecular weight is 281 g/mol. The second-order valence-electron chi connectivity index (χ2n) is 2.27. The molecule has 0 nitrogen and oxygen atoms in total. The first-order valence-electron chi connectivity index (χ1n) is 3.39. The van der Waals surface area contributed by atoms with E-state index in [-0.39, 0.29) is 24.8 Å². The van der Waals surface area contributed by atoms with E-state index in [1.807, 2.05) is 0 Å². The van der Waals surface area contributed by atoms with Crippen molar-refractivity contribution in [2.75, 3.05) is 0 Å². The summed E-state index contributed by atoms with van der Waals surface area (Å²) >= 11 is 2.68. The van der Waals surface area contributed by atoms with Gasteiger partial charge in [0, 0.05) is 0 Å². The number of hydrogen-bond acceptors (Lipinski definition) is 0. The van der Waals surface area contributed by atoms with E-state index in [2.05, 4.69) is 36.5 Å². The van der Waals surface area contributed by atoms with Gasteiger partial charge in [0.25, 0.3) is 0 Å². The SMILES string of the molecule is Cl.Cl.[Ru][C]1=CC=CCCCC1.